The first-order chi connectivity index (χ1) is 10.3. The largest absolute Gasteiger partial charge is 0.471 e. The van der Waals surface area contributed by atoms with Crippen LogP contribution in [0.1, 0.15) is 26.7 Å². The van der Waals surface area contributed by atoms with E-state index in [0.717, 1.165) is 4.90 Å². The van der Waals surface area contributed by atoms with Gasteiger partial charge in [0, 0.05) is 18.9 Å². The number of nitrogens with zero attached hydrogens (tertiary/aromatic N) is 1. The Kier molecular flexibility index (Phi) is 4.55. The van der Waals surface area contributed by atoms with E-state index in [0.29, 0.717) is 0 Å². The number of carbonyl (C=O) groups is 3. The lowest BCUT2D eigenvalue weighted by Gasteiger charge is -2.44. The van der Waals surface area contributed by atoms with Crippen molar-refractivity contribution in [3.05, 3.63) is 11.5 Å². The van der Waals surface area contributed by atoms with Crippen LogP contribution in [-0.2, 0) is 33.7 Å². The van der Waals surface area contributed by atoms with Gasteiger partial charge in [0.15, 0.2) is 21.0 Å². The molecule has 9 heteroatoms. The highest BCUT2D eigenvalue weighted by Gasteiger charge is 2.52. The van der Waals surface area contributed by atoms with Crippen LogP contribution >= 0.6 is 0 Å². The molecule has 0 aromatic heterocycles. The highest BCUT2D eigenvalue weighted by molar-refractivity contribution is 7.92. The van der Waals surface area contributed by atoms with Gasteiger partial charge in [-0.25, -0.2) is 8.42 Å². The average molecular weight is 331 g/mol. The zero-order chi connectivity index (χ0) is 16.5. The third kappa shape index (κ3) is 3.13. The van der Waals surface area contributed by atoms with Crippen LogP contribution in [0, 0.1) is 0 Å². The zero-order valence-corrected chi connectivity index (χ0v) is 13.1. The lowest BCUT2D eigenvalue weighted by Crippen LogP contribution is -2.59. The Morgan fingerprint density at radius 2 is 2.05 bits per heavy atom. The first kappa shape index (κ1) is 16.5. The van der Waals surface area contributed by atoms with Crippen LogP contribution in [0.2, 0.25) is 0 Å². The van der Waals surface area contributed by atoms with Crippen LogP contribution in [-0.4, -0.2) is 55.3 Å². The maximum Gasteiger partial charge on any atom is 0.302 e. The van der Waals surface area contributed by atoms with Gasteiger partial charge in [0.2, 0.25) is 11.8 Å². The third-order valence-corrected chi connectivity index (χ3v) is 5.39. The highest BCUT2D eigenvalue weighted by Crippen LogP contribution is 2.36. The number of hydrogen-bond donors (Lipinski definition) is 0. The summed E-state index contributed by atoms with van der Waals surface area (Å²) in [7, 11) is -3.54. The number of fused-ring (bicyclic) bond motifs is 1. The van der Waals surface area contributed by atoms with Crippen molar-refractivity contribution in [2.45, 2.75) is 32.1 Å². The van der Waals surface area contributed by atoms with Gasteiger partial charge in [0.05, 0.1) is 12.2 Å². The first-order valence-corrected chi connectivity index (χ1v) is 8.51. The van der Waals surface area contributed by atoms with Crippen molar-refractivity contribution in [3.8, 4) is 0 Å². The van der Waals surface area contributed by atoms with Crippen molar-refractivity contribution >= 4 is 27.5 Å². The number of hydrogen-bond acceptors (Lipinski definition) is 7. The number of sulfone groups is 1. The van der Waals surface area contributed by atoms with Gasteiger partial charge in [0.25, 0.3) is 0 Å². The summed E-state index contributed by atoms with van der Waals surface area (Å²) in [5.41, 5.74) is 0.170. The molecule has 1 amide bonds. The van der Waals surface area contributed by atoms with E-state index in [9.17, 15) is 22.8 Å². The van der Waals surface area contributed by atoms with Gasteiger partial charge in [0.1, 0.15) is 13.2 Å². The molecule has 8 nitrogen and oxygen atoms in total. The summed E-state index contributed by atoms with van der Waals surface area (Å²) in [6.45, 7) is 2.31. The maximum atomic E-state index is 12.1. The zero-order valence-electron chi connectivity index (χ0n) is 12.3. The number of β-lactam (4-membered cyclic amide) rings is 1. The molecular formula is C13H17NO7S. The number of rotatable bonds is 6. The molecule has 122 valence electrons. The van der Waals surface area contributed by atoms with E-state index in [2.05, 4.69) is 0 Å². The Balaban J connectivity index is 2.29. The van der Waals surface area contributed by atoms with Crippen LogP contribution in [0.5, 0.6) is 0 Å². The smallest absolute Gasteiger partial charge is 0.302 e. The molecule has 1 fully saturated rings. The molecule has 0 aliphatic carbocycles. The van der Waals surface area contributed by atoms with E-state index in [1.807, 2.05) is 0 Å². The molecule has 2 heterocycles. The molecule has 0 radical (unpaired) electrons. The Morgan fingerprint density at radius 3 is 2.59 bits per heavy atom. The molecule has 1 atom stereocenters. The fourth-order valence-corrected chi connectivity index (χ4v) is 4.02. The average Bonchev–Trinajstić information content (AvgIpc) is 2.43. The first-order valence-electron chi connectivity index (χ1n) is 6.79. The molecule has 0 unspecified atom stereocenters. The lowest BCUT2D eigenvalue weighted by molar-refractivity contribution is -0.145. The van der Waals surface area contributed by atoms with Gasteiger partial charge >= 0.3 is 5.97 Å². The van der Waals surface area contributed by atoms with Crippen LogP contribution in [0.3, 0.4) is 0 Å². The van der Waals surface area contributed by atoms with Crippen LogP contribution < -0.4 is 0 Å². The summed E-state index contributed by atoms with van der Waals surface area (Å²) in [6.07, 6.45) is 0.167. The molecule has 2 aliphatic rings. The van der Waals surface area contributed by atoms with Crippen molar-refractivity contribution < 1.29 is 32.3 Å². The minimum Gasteiger partial charge on any atom is -0.471 e. The second-order valence-corrected chi connectivity index (χ2v) is 7.26. The molecular weight excluding hydrogens is 314 g/mol. The summed E-state index contributed by atoms with van der Waals surface area (Å²) in [4.78, 5) is 35.1. The number of carbonyl (C=O) groups excluding carboxylic acids is 3. The van der Waals surface area contributed by atoms with Crippen LogP contribution in [0.4, 0.5) is 0 Å². The molecule has 2 rings (SSSR count). The summed E-state index contributed by atoms with van der Waals surface area (Å²) >= 11 is 0. The van der Waals surface area contributed by atoms with Gasteiger partial charge < -0.3 is 9.47 Å². The molecule has 2 aliphatic heterocycles. The molecule has 0 aromatic carbocycles. The van der Waals surface area contributed by atoms with E-state index in [1.165, 1.54) is 6.92 Å². The van der Waals surface area contributed by atoms with E-state index in [-0.39, 0.29) is 49.0 Å². The van der Waals surface area contributed by atoms with Gasteiger partial charge in [-0.1, -0.05) is 6.92 Å². The van der Waals surface area contributed by atoms with Crippen molar-refractivity contribution in [1.29, 1.82) is 0 Å². The van der Waals surface area contributed by atoms with Crippen LogP contribution in [0.25, 0.3) is 0 Å². The van der Waals surface area contributed by atoms with Crippen molar-refractivity contribution in [3.63, 3.8) is 0 Å². The van der Waals surface area contributed by atoms with Crippen molar-refractivity contribution in [2.75, 3.05) is 19.0 Å². The Labute approximate surface area is 128 Å². The number of esters is 1. The van der Waals surface area contributed by atoms with E-state index in [4.69, 9.17) is 9.47 Å². The minimum absolute atomic E-state index is 0.0270. The topological polar surface area (TPSA) is 107 Å². The Morgan fingerprint density at radius 1 is 1.36 bits per heavy atom. The molecule has 0 N–H and O–H groups in total. The standard InChI is InChI=1S/C13H17NO7S/c1-3-10(16)6-21-13-9(5-20-8(2)15)7-22(18,19)12-4-11(17)14(12)13/h12H,3-7H2,1-2H3/t12-/m0/s1. The molecule has 0 saturated carbocycles. The number of ketones is 1. The van der Waals surface area contributed by atoms with E-state index >= 15 is 0 Å². The fraction of sp³-hybridized carbons (Fsp3) is 0.615. The molecule has 0 bridgehead atoms. The molecule has 0 aromatic rings. The predicted octanol–water partition coefficient (Wildman–Crippen LogP) is -0.256. The monoisotopic (exact) mass is 331 g/mol. The highest BCUT2D eigenvalue weighted by atomic mass is 32.2. The van der Waals surface area contributed by atoms with Gasteiger partial charge in [-0.3, -0.25) is 19.3 Å². The quantitative estimate of drug-likeness (QED) is 0.487. The predicted molar refractivity (Wildman–Crippen MR) is 73.9 cm³/mol. The van der Waals surface area contributed by atoms with E-state index in [1.54, 1.807) is 6.92 Å². The molecule has 0 spiro atoms. The Bertz CT molecular complexity index is 649. The van der Waals surface area contributed by atoms with E-state index < -0.39 is 27.1 Å². The number of Topliss-reactive ketones (excluding diaryl/α,β-unsaturated/α-hetero) is 1. The number of ether oxygens (including phenoxy) is 2. The maximum absolute atomic E-state index is 12.1. The summed E-state index contributed by atoms with van der Waals surface area (Å²) in [5, 5.41) is -0.951. The second kappa shape index (κ2) is 6.07. The fourth-order valence-electron chi connectivity index (χ4n) is 2.20. The van der Waals surface area contributed by atoms with Crippen molar-refractivity contribution in [1.82, 2.24) is 4.90 Å². The van der Waals surface area contributed by atoms with Gasteiger partial charge in [-0.2, -0.15) is 0 Å². The molecule has 22 heavy (non-hydrogen) atoms. The minimum atomic E-state index is -3.54. The normalized spacial score (nSPS) is 22.7. The third-order valence-electron chi connectivity index (χ3n) is 3.43. The van der Waals surface area contributed by atoms with Gasteiger partial charge in [-0.05, 0) is 0 Å². The van der Waals surface area contributed by atoms with Crippen LogP contribution in [0.15, 0.2) is 11.5 Å². The summed E-state index contributed by atoms with van der Waals surface area (Å²) in [5.74, 6) is -1.49. The summed E-state index contributed by atoms with van der Waals surface area (Å²) < 4.78 is 34.4. The second-order valence-electron chi connectivity index (χ2n) is 5.10. The lowest BCUT2D eigenvalue weighted by atomic mass is 10.1. The SMILES string of the molecule is CCC(=O)COC1=C(COC(C)=O)CS(=O)(=O)[C@H]2CC(=O)N12. The van der Waals surface area contributed by atoms with Gasteiger partial charge in [-0.15, -0.1) is 0 Å². The number of amides is 1. The molecule has 1 saturated heterocycles. The summed E-state index contributed by atoms with van der Waals surface area (Å²) in [6, 6.07) is 0. The van der Waals surface area contributed by atoms with Crippen molar-refractivity contribution in [2.24, 2.45) is 0 Å². The Hall–Kier alpha value is -1.90.